The van der Waals surface area contributed by atoms with Gasteiger partial charge in [0.05, 0.1) is 0 Å². The number of carboxylic acid groups (broad SMARTS) is 2. The van der Waals surface area contributed by atoms with Gasteiger partial charge in [-0.2, -0.15) is 0 Å². The third-order valence-corrected chi connectivity index (χ3v) is 0.918. The average molecular weight is 193 g/mol. The number of carboxylic acids is 2. The SMILES string of the molecule is [2H]C([2H])(C(=O)O)C([2H])([2H])[C@H](NC(C)=O)C(=O)O. The van der Waals surface area contributed by atoms with Crippen molar-refractivity contribution < 1.29 is 30.1 Å². The highest BCUT2D eigenvalue weighted by atomic mass is 16.4. The molecule has 6 nitrogen and oxygen atoms in total. The van der Waals surface area contributed by atoms with Gasteiger partial charge in [0.15, 0.2) is 0 Å². The van der Waals surface area contributed by atoms with E-state index in [1.165, 1.54) is 0 Å². The number of hydrogen-bond acceptors (Lipinski definition) is 3. The number of carbonyl (C=O) groups excluding carboxylic acids is 1. The van der Waals surface area contributed by atoms with Crippen LogP contribution in [0.2, 0.25) is 0 Å². The fourth-order valence-corrected chi connectivity index (χ4v) is 0.497. The number of hydrogen-bond donors (Lipinski definition) is 3. The van der Waals surface area contributed by atoms with Crippen molar-refractivity contribution in [1.82, 2.24) is 5.32 Å². The van der Waals surface area contributed by atoms with Crippen molar-refractivity contribution in [3.63, 3.8) is 0 Å². The molecule has 0 bridgehead atoms. The molecule has 0 aromatic rings. The Kier molecular flexibility index (Phi) is 2.35. The van der Waals surface area contributed by atoms with E-state index in [1.807, 2.05) is 0 Å². The van der Waals surface area contributed by atoms with E-state index in [0.29, 0.717) is 0 Å². The van der Waals surface area contributed by atoms with Gasteiger partial charge in [-0.05, 0) is 6.37 Å². The van der Waals surface area contributed by atoms with Crippen molar-refractivity contribution in [3.05, 3.63) is 0 Å². The van der Waals surface area contributed by atoms with E-state index in [1.54, 1.807) is 5.32 Å². The molecule has 0 saturated carbocycles. The molecule has 74 valence electrons. The Labute approximate surface area is 80.2 Å². The minimum Gasteiger partial charge on any atom is -0.481 e. The standard InChI is InChI=1S/C7H11NO5/c1-4(9)8-5(7(12)13)2-3-6(10)11/h5H,2-3H2,1H3,(H,8,9)(H,10,11)(H,12,13)/t5-/m0/s1/i2D2,3D2. The maximum absolute atomic E-state index is 10.7. The molecule has 0 fully saturated rings. The molecule has 0 spiro atoms. The molecule has 1 amide bonds. The smallest absolute Gasteiger partial charge is 0.326 e. The van der Waals surface area contributed by atoms with Crippen LogP contribution in [0.3, 0.4) is 0 Å². The van der Waals surface area contributed by atoms with E-state index < -0.39 is 36.6 Å². The summed E-state index contributed by atoms with van der Waals surface area (Å²) >= 11 is 0. The third kappa shape index (κ3) is 5.66. The number of carbonyl (C=O) groups is 3. The normalized spacial score (nSPS) is 18.5. The first-order valence-electron chi connectivity index (χ1n) is 5.18. The molecule has 0 aliphatic carbocycles. The van der Waals surface area contributed by atoms with Crippen LogP contribution >= 0.6 is 0 Å². The summed E-state index contributed by atoms with van der Waals surface area (Å²) in [5.41, 5.74) is 0. The number of nitrogens with one attached hydrogen (secondary N) is 1. The lowest BCUT2D eigenvalue weighted by Gasteiger charge is -2.10. The second-order valence-electron chi connectivity index (χ2n) is 2.05. The van der Waals surface area contributed by atoms with Gasteiger partial charge in [0, 0.05) is 18.8 Å². The lowest BCUT2D eigenvalue weighted by molar-refractivity contribution is -0.142. The van der Waals surface area contributed by atoms with Gasteiger partial charge < -0.3 is 15.5 Å². The Balaban J connectivity index is 5.43. The second-order valence-corrected chi connectivity index (χ2v) is 2.05. The third-order valence-electron chi connectivity index (χ3n) is 0.918. The topological polar surface area (TPSA) is 104 Å². The van der Waals surface area contributed by atoms with Crippen LogP contribution < -0.4 is 5.32 Å². The molecule has 3 N–H and O–H groups in total. The van der Waals surface area contributed by atoms with Crippen molar-refractivity contribution in [3.8, 4) is 0 Å². The second kappa shape index (κ2) is 5.13. The molecule has 13 heavy (non-hydrogen) atoms. The van der Waals surface area contributed by atoms with E-state index >= 15 is 0 Å². The van der Waals surface area contributed by atoms with E-state index in [2.05, 4.69) is 0 Å². The fraction of sp³-hybridized carbons (Fsp3) is 0.571. The van der Waals surface area contributed by atoms with Gasteiger partial charge in [0.25, 0.3) is 0 Å². The van der Waals surface area contributed by atoms with Crippen LogP contribution in [0.15, 0.2) is 0 Å². The van der Waals surface area contributed by atoms with E-state index in [0.717, 1.165) is 6.92 Å². The Hall–Kier alpha value is -1.59. The Morgan fingerprint density at radius 1 is 1.46 bits per heavy atom. The van der Waals surface area contributed by atoms with Crippen LogP contribution in [0.1, 0.15) is 25.2 Å². The largest absolute Gasteiger partial charge is 0.481 e. The van der Waals surface area contributed by atoms with Crippen LogP contribution in [0.5, 0.6) is 0 Å². The summed E-state index contributed by atoms with van der Waals surface area (Å²) in [7, 11) is 0. The Morgan fingerprint density at radius 3 is 2.31 bits per heavy atom. The first-order chi connectivity index (χ1) is 7.44. The minimum absolute atomic E-state index is 0.905. The molecule has 0 aromatic heterocycles. The van der Waals surface area contributed by atoms with Gasteiger partial charge in [-0.25, -0.2) is 4.79 Å². The van der Waals surface area contributed by atoms with Gasteiger partial charge in [0.2, 0.25) is 5.91 Å². The van der Waals surface area contributed by atoms with Crippen molar-refractivity contribution in [1.29, 1.82) is 0 Å². The van der Waals surface area contributed by atoms with Crippen LogP contribution in [0.4, 0.5) is 0 Å². The highest BCUT2D eigenvalue weighted by Gasteiger charge is 2.18. The molecule has 1 atom stereocenters. The first kappa shape index (κ1) is 5.95. The lowest BCUT2D eigenvalue weighted by atomic mass is 10.1. The zero-order valence-electron chi connectivity index (χ0n) is 10.7. The van der Waals surface area contributed by atoms with Crippen LogP contribution in [-0.2, 0) is 14.4 Å². The van der Waals surface area contributed by atoms with Gasteiger partial charge in [-0.1, -0.05) is 0 Å². The molecular weight excluding hydrogens is 178 g/mol. The van der Waals surface area contributed by atoms with Crippen LogP contribution in [-0.4, -0.2) is 34.1 Å². The summed E-state index contributed by atoms with van der Waals surface area (Å²) in [5, 5.41) is 18.9. The van der Waals surface area contributed by atoms with E-state index in [4.69, 9.17) is 15.7 Å². The molecule has 0 aliphatic heterocycles. The Morgan fingerprint density at radius 2 is 2.00 bits per heavy atom. The fourth-order valence-electron chi connectivity index (χ4n) is 0.497. The average Bonchev–Trinajstić information content (AvgIpc) is 2.12. The summed E-state index contributed by atoms with van der Waals surface area (Å²) in [5.74, 6) is -4.93. The molecule has 0 rings (SSSR count). The number of amides is 1. The molecule has 0 saturated heterocycles. The molecule has 0 aliphatic rings. The summed E-state index contributed by atoms with van der Waals surface area (Å²) in [4.78, 5) is 32.0. The zero-order chi connectivity index (χ0) is 14.0. The minimum atomic E-state index is -3.46. The summed E-state index contributed by atoms with van der Waals surface area (Å²) in [6.07, 6.45) is -6.77. The number of aliphatic carboxylic acids is 2. The van der Waals surface area contributed by atoms with Crippen molar-refractivity contribution in [2.75, 3.05) is 0 Å². The lowest BCUT2D eigenvalue weighted by Crippen LogP contribution is -2.39. The molecule has 6 heteroatoms. The Bertz CT molecular complexity index is 356. The zero-order valence-corrected chi connectivity index (χ0v) is 6.70. The predicted octanol–water partition coefficient (Wildman–Crippen LogP) is -0.559. The molecule has 0 radical (unpaired) electrons. The molecular formula is C7H11NO5. The van der Waals surface area contributed by atoms with Crippen LogP contribution in [0, 0.1) is 0 Å². The quantitative estimate of drug-likeness (QED) is 0.543. The van der Waals surface area contributed by atoms with E-state index in [9.17, 15) is 14.4 Å². The van der Waals surface area contributed by atoms with Gasteiger partial charge in [-0.3, -0.25) is 9.59 Å². The summed E-state index contributed by atoms with van der Waals surface area (Å²) in [6, 6.07) is -2.30. The molecule has 0 unspecified atom stereocenters. The summed E-state index contributed by atoms with van der Waals surface area (Å²) in [6.45, 7) is 0.905. The van der Waals surface area contributed by atoms with Gasteiger partial charge in [0.1, 0.15) is 6.04 Å². The highest BCUT2D eigenvalue weighted by Crippen LogP contribution is 1.97. The maximum Gasteiger partial charge on any atom is 0.326 e. The van der Waals surface area contributed by atoms with Gasteiger partial charge in [-0.15, -0.1) is 0 Å². The van der Waals surface area contributed by atoms with Crippen molar-refractivity contribution >= 4 is 17.8 Å². The monoisotopic (exact) mass is 193 g/mol. The predicted molar refractivity (Wildman–Crippen MR) is 42.1 cm³/mol. The molecule has 0 heterocycles. The molecule has 0 aromatic carbocycles. The number of rotatable bonds is 5. The van der Waals surface area contributed by atoms with Crippen molar-refractivity contribution in [2.24, 2.45) is 0 Å². The van der Waals surface area contributed by atoms with E-state index in [-0.39, 0.29) is 0 Å². The van der Waals surface area contributed by atoms with Crippen LogP contribution in [0.25, 0.3) is 0 Å². The van der Waals surface area contributed by atoms with Gasteiger partial charge >= 0.3 is 11.9 Å². The highest BCUT2D eigenvalue weighted by molar-refractivity contribution is 5.82. The maximum atomic E-state index is 10.7. The summed E-state index contributed by atoms with van der Waals surface area (Å²) < 4.78 is 28.6. The van der Waals surface area contributed by atoms with Crippen molar-refractivity contribution in [2.45, 2.75) is 25.7 Å². The first-order valence-corrected chi connectivity index (χ1v) is 3.18.